The molecular formula is C12H13ClFNO4S. The molecule has 5 nitrogen and oxygen atoms in total. The zero-order chi connectivity index (χ0) is 14.9. The van der Waals surface area contributed by atoms with E-state index < -0.39 is 27.7 Å². The van der Waals surface area contributed by atoms with Crippen LogP contribution in [0.4, 0.5) is 4.39 Å². The standard InChI is InChI=1S/C12H13ClFNO4S/c13-10-2-1-9(14)7-11(10)20(18,19)15-5-3-8(4-6-15)12(16)17/h1-2,7-8H,3-6H2,(H,16,17). The van der Waals surface area contributed by atoms with Crippen molar-refractivity contribution in [2.24, 2.45) is 5.92 Å². The van der Waals surface area contributed by atoms with Gasteiger partial charge in [-0.25, -0.2) is 12.8 Å². The minimum Gasteiger partial charge on any atom is -0.481 e. The predicted molar refractivity (Wildman–Crippen MR) is 70.5 cm³/mol. The van der Waals surface area contributed by atoms with Crippen LogP contribution >= 0.6 is 11.6 Å². The largest absolute Gasteiger partial charge is 0.481 e. The van der Waals surface area contributed by atoms with Crippen molar-refractivity contribution in [3.63, 3.8) is 0 Å². The minimum atomic E-state index is -3.90. The van der Waals surface area contributed by atoms with E-state index in [9.17, 15) is 17.6 Å². The molecule has 0 bridgehead atoms. The first-order chi connectivity index (χ1) is 9.32. The summed E-state index contributed by atoms with van der Waals surface area (Å²) in [6, 6.07) is 3.15. The third kappa shape index (κ3) is 2.94. The van der Waals surface area contributed by atoms with Crippen LogP contribution in [0.1, 0.15) is 12.8 Å². The van der Waals surface area contributed by atoms with Crippen LogP contribution in [0, 0.1) is 11.7 Å². The van der Waals surface area contributed by atoms with Crippen molar-refractivity contribution in [1.29, 1.82) is 0 Å². The number of carboxylic acid groups (broad SMARTS) is 1. The van der Waals surface area contributed by atoms with Crippen molar-refractivity contribution < 1.29 is 22.7 Å². The molecule has 0 saturated carbocycles. The van der Waals surface area contributed by atoms with Crippen LogP contribution in [0.2, 0.25) is 5.02 Å². The van der Waals surface area contributed by atoms with Crippen molar-refractivity contribution in [2.75, 3.05) is 13.1 Å². The third-order valence-corrected chi connectivity index (χ3v) is 5.69. The van der Waals surface area contributed by atoms with E-state index in [0.29, 0.717) is 0 Å². The second kappa shape index (κ2) is 5.67. The van der Waals surface area contributed by atoms with Gasteiger partial charge < -0.3 is 5.11 Å². The highest BCUT2D eigenvalue weighted by atomic mass is 35.5. The molecule has 0 atom stereocenters. The molecule has 8 heteroatoms. The summed E-state index contributed by atoms with van der Waals surface area (Å²) in [5.41, 5.74) is 0. The summed E-state index contributed by atoms with van der Waals surface area (Å²) < 4.78 is 39.1. The summed E-state index contributed by atoms with van der Waals surface area (Å²) in [6.07, 6.45) is 0.475. The summed E-state index contributed by atoms with van der Waals surface area (Å²) in [7, 11) is -3.90. The van der Waals surface area contributed by atoms with Gasteiger partial charge in [-0.3, -0.25) is 4.79 Å². The molecule has 110 valence electrons. The molecule has 1 N–H and O–H groups in total. The Bertz CT molecular complexity index is 626. The first-order valence-electron chi connectivity index (χ1n) is 6.00. The number of hydrogen-bond acceptors (Lipinski definition) is 3. The highest BCUT2D eigenvalue weighted by Crippen LogP contribution is 2.28. The lowest BCUT2D eigenvalue weighted by molar-refractivity contribution is -0.142. The van der Waals surface area contributed by atoms with Gasteiger partial charge in [-0.05, 0) is 31.0 Å². The predicted octanol–water partition coefficient (Wildman–Crippen LogP) is 1.96. The monoisotopic (exact) mass is 321 g/mol. The zero-order valence-electron chi connectivity index (χ0n) is 10.4. The van der Waals surface area contributed by atoms with Crippen LogP contribution in [0.3, 0.4) is 0 Å². The molecule has 1 aromatic carbocycles. The van der Waals surface area contributed by atoms with Crippen LogP contribution < -0.4 is 0 Å². The molecule has 0 amide bonds. The number of carbonyl (C=O) groups is 1. The van der Waals surface area contributed by atoms with Gasteiger partial charge in [0.15, 0.2) is 0 Å². The lowest BCUT2D eigenvalue weighted by atomic mass is 9.99. The molecule has 0 radical (unpaired) electrons. The molecule has 1 aromatic rings. The maximum Gasteiger partial charge on any atom is 0.306 e. The number of rotatable bonds is 3. The Morgan fingerprint density at radius 1 is 1.35 bits per heavy atom. The molecule has 0 aromatic heterocycles. The second-order valence-electron chi connectivity index (χ2n) is 4.59. The summed E-state index contributed by atoms with van der Waals surface area (Å²) in [6.45, 7) is 0.179. The van der Waals surface area contributed by atoms with Crippen molar-refractivity contribution in [3.8, 4) is 0 Å². The zero-order valence-corrected chi connectivity index (χ0v) is 12.0. The Kier molecular flexibility index (Phi) is 4.31. The Morgan fingerprint density at radius 2 is 1.95 bits per heavy atom. The topological polar surface area (TPSA) is 74.7 Å². The maximum atomic E-state index is 13.2. The smallest absolute Gasteiger partial charge is 0.306 e. The molecule has 0 unspecified atom stereocenters. The molecule has 0 spiro atoms. The summed E-state index contributed by atoms with van der Waals surface area (Å²) in [5, 5.41) is 8.84. The SMILES string of the molecule is O=C(O)C1CCN(S(=O)(=O)c2cc(F)ccc2Cl)CC1. The second-order valence-corrected chi connectivity index (χ2v) is 6.90. The summed E-state index contributed by atoms with van der Waals surface area (Å²) in [4.78, 5) is 10.6. The minimum absolute atomic E-state index is 0.0493. The van der Waals surface area contributed by atoms with Gasteiger partial charge in [0, 0.05) is 13.1 Å². The van der Waals surface area contributed by atoms with Gasteiger partial charge in [-0.2, -0.15) is 4.31 Å². The highest BCUT2D eigenvalue weighted by Gasteiger charge is 2.33. The number of aliphatic carboxylic acids is 1. The first kappa shape index (κ1) is 15.2. The Labute approximate surface area is 121 Å². The van der Waals surface area contributed by atoms with Crippen molar-refractivity contribution >= 4 is 27.6 Å². The number of benzene rings is 1. The molecule has 20 heavy (non-hydrogen) atoms. The van der Waals surface area contributed by atoms with Crippen molar-refractivity contribution in [1.82, 2.24) is 4.31 Å². The van der Waals surface area contributed by atoms with Gasteiger partial charge in [0.2, 0.25) is 10.0 Å². The van der Waals surface area contributed by atoms with Gasteiger partial charge >= 0.3 is 5.97 Å². The summed E-state index contributed by atoms with van der Waals surface area (Å²) in [5.74, 6) is -2.15. The number of hydrogen-bond donors (Lipinski definition) is 1. The number of carboxylic acids is 1. The van der Waals surface area contributed by atoms with Crippen LogP contribution in [-0.4, -0.2) is 36.9 Å². The first-order valence-corrected chi connectivity index (χ1v) is 7.82. The lowest BCUT2D eigenvalue weighted by Crippen LogP contribution is -2.40. The fraction of sp³-hybridized carbons (Fsp3) is 0.417. The van der Waals surface area contributed by atoms with E-state index in [0.717, 1.165) is 16.4 Å². The Balaban J connectivity index is 2.24. The van der Waals surface area contributed by atoms with Gasteiger partial charge in [-0.15, -0.1) is 0 Å². The molecule has 1 heterocycles. The number of halogens is 2. The Morgan fingerprint density at radius 3 is 2.50 bits per heavy atom. The van der Waals surface area contributed by atoms with E-state index in [1.807, 2.05) is 0 Å². The van der Waals surface area contributed by atoms with Gasteiger partial charge in [0.25, 0.3) is 0 Å². The summed E-state index contributed by atoms with van der Waals surface area (Å²) >= 11 is 5.81. The quantitative estimate of drug-likeness (QED) is 0.923. The molecule has 1 aliphatic heterocycles. The van der Waals surface area contributed by atoms with Crippen molar-refractivity contribution in [2.45, 2.75) is 17.7 Å². The molecule has 1 saturated heterocycles. The fourth-order valence-corrected chi connectivity index (χ4v) is 4.11. The van der Waals surface area contributed by atoms with Crippen molar-refractivity contribution in [3.05, 3.63) is 29.0 Å². The van der Waals surface area contributed by atoms with E-state index >= 15 is 0 Å². The fourth-order valence-electron chi connectivity index (χ4n) is 2.16. The highest BCUT2D eigenvalue weighted by molar-refractivity contribution is 7.89. The van der Waals surface area contributed by atoms with E-state index in [2.05, 4.69) is 0 Å². The van der Waals surface area contributed by atoms with Crippen LogP contribution in [-0.2, 0) is 14.8 Å². The van der Waals surface area contributed by atoms with E-state index in [-0.39, 0.29) is 35.8 Å². The van der Waals surface area contributed by atoms with Gasteiger partial charge in [0.05, 0.1) is 10.9 Å². The van der Waals surface area contributed by atoms with Gasteiger partial charge in [-0.1, -0.05) is 11.6 Å². The number of piperidine rings is 1. The molecule has 0 aliphatic carbocycles. The maximum absolute atomic E-state index is 13.2. The lowest BCUT2D eigenvalue weighted by Gasteiger charge is -2.29. The van der Waals surface area contributed by atoms with Crippen LogP contribution in [0.5, 0.6) is 0 Å². The third-order valence-electron chi connectivity index (χ3n) is 3.31. The van der Waals surface area contributed by atoms with E-state index in [1.54, 1.807) is 0 Å². The van der Waals surface area contributed by atoms with Gasteiger partial charge in [0.1, 0.15) is 10.7 Å². The molecule has 1 fully saturated rings. The van der Waals surface area contributed by atoms with Crippen LogP contribution in [0.15, 0.2) is 23.1 Å². The average Bonchev–Trinajstić information content (AvgIpc) is 2.41. The Hall–Kier alpha value is -1.18. The molecule has 1 aliphatic rings. The van der Waals surface area contributed by atoms with E-state index in [4.69, 9.17) is 16.7 Å². The normalized spacial score (nSPS) is 18.1. The average molecular weight is 322 g/mol. The molecule has 2 rings (SSSR count). The molecular weight excluding hydrogens is 309 g/mol. The van der Waals surface area contributed by atoms with E-state index in [1.165, 1.54) is 6.07 Å². The number of nitrogens with zero attached hydrogens (tertiary/aromatic N) is 1. The number of sulfonamides is 1. The van der Waals surface area contributed by atoms with Crippen LogP contribution in [0.25, 0.3) is 0 Å².